The summed E-state index contributed by atoms with van der Waals surface area (Å²) in [4.78, 5) is 56.5. The smallest absolute Gasteiger partial charge is 0.239 e. The van der Waals surface area contributed by atoms with Crippen LogP contribution in [0.3, 0.4) is 0 Å². The average Bonchev–Trinajstić information content (AvgIpc) is 3.98. The minimum absolute atomic E-state index is 0.243. The first-order chi connectivity index (χ1) is 39.0. The molecule has 2 fully saturated rings. The van der Waals surface area contributed by atoms with Gasteiger partial charge in [0.15, 0.2) is 11.5 Å². The van der Waals surface area contributed by atoms with E-state index in [1.165, 1.54) is 29.1 Å². The normalized spacial score (nSPS) is 13.5. The highest BCUT2D eigenvalue weighted by molar-refractivity contribution is 8.00. The van der Waals surface area contributed by atoms with Gasteiger partial charge in [-0.3, -0.25) is 29.8 Å². The molecule has 0 spiro atoms. The first-order valence-electron chi connectivity index (χ1n) is 26.0. The van der Waals surface area contributed by atoms with Gasteiger partial charge in [0.2, 0.25) is 24.6 Å². The Morgan fingerprint density at radius 2 is 1.06 bits per heavy atom. The molecule has 6 aromatic carbocycles. The maximum Gasteiger partial charge on any atom is 0.239 e. The molecular formula is C60H66N8O10S2. The van der Waals surface area contributed by atoms with Crippen molar-refractivity contribution in [2.75, 3.05) is 80.7 Å². The minimum atomic E-state index is -0.335. The molecule has 0 aliphatic carbocycles. The summed E-state index contributed by atoms with van der Waals surface area (Å²) < 4.78 is 39.7. The summed E-state index contributed by atoms with van der Waals surface area (Å²) in [7, 11) is 3.98. The number of fused-ring (bicyclic) bond motifs is 2. The number of benzene rings is 6. The summed E-state index contributed by atoms with van der Waals surface area (Å²) >= 11 is 2.79. The summed E-state index contributed by atoms with van der Waals surface area (Å²) in [6, 6.07) is 43.8. The zero-order valence-corrected chi connectivity index (χ0v) is 47.1. The Labute approximate surface area is 474 Å². The molecule has 4 heterocycles. The van der Waals surface area contributed by atoms with Crippen LogP contribution in [0.15, 0.2) is 133 Å². The zero-order valence-electron chi connectivity index (χ0n) is 45.5. The van der Waals surface area contributed by atoms with Gasteiger partial charge in [0.05, 0.1) is 70.9 Å². The van der Waals surface area contributed by atoms with Crippen molar-refractivity contribution in [2.24, 2.45) is 14.1 Å². The first kappa shape index (κ1) is 58.1. The Balaban J connectivity index is 0.000000188. The van der Waals surface area contributed by atoms with Gasteiger partial charge >= 0.3 is 0 Å². The van der Waals surface area contributed by atoms with E-state index in [0.717, 1.165) is 119 Å². The molecule has 2 aromatic heterocycles. The number of hydrogen-bond acceptors (Lipinski definition) is 16. The number of amides is 4. The number of thioether (sulfide) groups is 2. The molecule has 10 rings (SSSR count). The van der Waals surface area contributed by atoms with Crippen LogP contribution in [0.4, 0.5) is 11.4 Å². The van der Waals surface area contributed by atoms with Crippen molar-refractivity contribution in [3.63, 3.8) is 0 Å². The molecule has 2 aliphatic heterocycles. The fourth-order valence-corrected chi connectivity index (χ4v) is 9.82. The average molecular weight is 1120 g/mol. The monoisotopic (exact) mass is 1120 g/mol. The van der Waals surface area contributed by atoms with Crippen molar-refractivity contribution >= 4 is 81.6 Å². The second kappa shape index (κ2) is 29.3. The number of ether oxygens (including phenoxy) is 6. The predicted octanol–water partition coefficient (Wildman–Crippen LogP) is 9.04. The van der Waals surface area contributed by atoms with E-state index in [1.807, 2.05) is 152 Å². The lowest BCUT2D eigenvalue weighted by atomic mass is 10.1. The summed E-state index contributed by atoms with van der Waals surface area (Å²) in [6.07, 6.45) is 4.97. The van der Waals surface area contributed by atoms with Crippen molar-refractivity contribution in [1.29, 1.82) is 0 Å². The molecule has 4 amide bonds. The number of nitrogens with zero attached hydrogens (tertiary/aromatic N) is 6. The van der Waals surface area contributed by atoms with Crippen LogP contribution in [-0.2, 0) is 62.4 Å². The van der Waals surface area contributed by atoms with Crippen molar-refractivity contribution in [3.8, 4) is 34.5 Å². The number of carbonyl (C=O) groups excluding carboxylic acids is 4. The quantitative estimate of drug-likeness (QED) is 0.0687. The van der Waals surface area contributed by atoms with Gasteiger partial charge in [0, 0.05) is 52.4 Å². The zero-order chi connectivity index (χ0) is 56.2. The maximum atomic E-state index is 12.0. The second-order valence-corrected chi connectivity index (χ2v) is 20.4. The van der Waals surface area contributed by atoms with Crippen molar-refractivity contribution in [3.05, 3.63) is 156 Å². The van der Waals surface area contributed by atoms with Crippen molar-refractivity contribution in [2.45, 2.75) is 31.8 Å². The number of nitrogens with one attached hydrogen (secondary N) is 2. The van der Waals surface area contributed by atoms with Gasteiger partial charge in [-0.15, -0.1) is 0 Å². The molecule has 1 unspecified atom stereocenters. The molecule has 20 heteroatoms. The van der Waals surface area contributed by atoms with E-state index in [9.17, 15) is 19.2 Å². The van der Waals surface area contributed by atoms with Crippen LogP contribution >= 0.6 is 23.5 Å². The fourth-order valence-electron chi connectivity index (χ4n) is 8.83. The van der Waals surface area contributed by atoms with Crippen molar-refractivity contribution < 1.29 is 47.6 Å². The Morgan fingerprint density at radius 3 is 1.51 bits per heavy atom. The lowest BCUT2D eigenvalue weighted by molar-refractivity contribution is -0.125. The van der Waals surface area contributed by atoms with Crippen LogP contribution in [0.25, 0.3) is 22.1 Å². The SMILES string of the molecule is CSC(Cc1ccc(OCc2nc3ccc(Oc4ccccc4N4CCOCC4)cc3n2C)cc1)C(=O)NC=O.CSCC(=O)NC=O.Cc1ccc(OCc2nc3ccc(Oc4ccccc4N4CCOCC4)cc3n2C)cc1. The molecule has 8 aromatic rings. The lowest BCUT2D eigenvalue weighted by Gasteiger charge is -2.30. The number of anilines is 2. The third-order valence-corrected chi connectivity index (χ3v) is 14.7. The van der Waals surface area contributed by atoms with Crippen LogP contribution in [-0.4, -0.2) is 120 Å². The van der Waals surface area contributed by atoms with Gasteiger partial charge in [-0.1, -0.05) is 54.1 Å². The number of imide groups is 2. The van der Waals surface area contributed by atoms with Crippen LogP contribution in [0.2, 0.25) is 0 Å². The van der Waals surface area contributed by atoms with Gasteiger partial charge < -0.3 is 47.4 Å². The summed E-state index contributed by atoms with van der Waals surface area (Å²) in [5.74, 6) is 6.20. The van der Waals surface area contributed by atoms with E-state index in [2.05, 4.69) is 38.7 Å². The molecule has 0 saturated carbocycles. The van der Waals surface area contributed by atoms with Gasteiger partial charge in [-0.25, -0.2) is 9.97 Å². The number of rotatable bonds is 20. The summed E-state index contributed by atoms with van der Waals surface area (Å²) in [6.45, 7) is 9.08. The minimum Gasteiger partial charge on any atom is -0.486 e. The molecule has 80 heavy (non-hydrogen) atoms. The van der Waals surface area contributed by atoms with Crippen molar-refractivity contribution in [1.82, 2.24) is 29.7 Å². The van der Waals surface area contributed by atoms with E-state index in [0.29, 0.717) is 57.2 Å². The van der Waals surface area contributed by atoms with Gasteiger partial charge in [0.1, 0.15) is 47.9 Å². The van der Waals surface area contributed by atoms with Gasteiger partial charge in [-0.2, -0.15) is 23.5 Å². The number of carbonyl (C=O) groups is 4. The summed E-state index contributed by atoms with van der Waals surface area (Å²) in [5.41, 5.74) is 8.09. The molecule has 18 nitrogen and oxygen atoms in total. The van der Waals surface area contributed by atoms with Gasteiger partial charge in [0.25, 0.3) is 0 Å². The highest BCUT2D eigenvalue weighted by Gasteiger charge is 2.20. The Morgan fingerprint density at radius 1 is 0.613 bits per heavy atom. The van der Waals surface area contributed by atoms with Crippen LogP contribution in [0.1, 0.15) is 22.8 Å². The molecule has 1 atom stereocenters. The maximum absolute atomic E-state index is 12.0. The Bertz CT molecular complexity index is 3320. The van der Waals surface area contributed by atoms with Crippen LogP contribution in [0.5, 0.6) is 34.5 Å². The van der Waals surface area contributed by atoms with E-state index < -0.39 is 0 Å². The van der Waals surface area contributed by atoms with Crippen LogP contribution in [0, 0.1) is 6.92 Å². The van der Waals surface area contributed by atoms with E-state index in [1.54, 1.807) is 6.26 Å². The number of imidazole rings is 2. The number of hydrogen-bond donors (Lipinski definition) is 2. The summed E-state index contributed by atoms with van der Waals surface area (Å²) in [5, 5.41) is 3.90. The number of morpholine rings is 2. The molecule has 2 saturated heterocycles. The molecule has 0 bridgehead atoms. The number of para-hydroxylation sites is 4. The second-order valence-electron chi connectivity index (χ2n) is 18.5. The lowest BCUT2D eigenvalue weighted by Crippen LogP contribution is -2.36. The Kier molecular flexibility index (Phi) is 21.3. The van der Waals surface area contributed by atoms with E-state index >= 15 is 0 Å². The molecule has 2 N–H and O–H groups in total. The molecule has 0 radical (unpaired) electrons. The topological polar surface area (TPSA) is 190 Å². The first-order valence-corrected chi connectivity index (χ1v) is 28.7. The third kappa shape index (κ3) is 15.8. The molecule has 2 aliphatic rings. The standard InChI is InChI=1S/C30H32N4O5S.C26H27N3O3.C4H7NO2S/c1-33-26-18-23(39-27-6-4-3-5-25(27)34-13-15-37-16-14-34)11-12-24(26)32-29(33)19-38-22-9-7-21(8-10-22)17-28(40-2)30(36)31-20-35;1-19-7-9-20(10-8-19)31-18-26-27-22-12-11-21(17-24(22)28(26)2)32-25-6-4-3-5-23(25)29-13-15-30-16-14-29;1-8-2-4(7)5-3-6/h3-12,18,20,28H,13-17,19H2,1-2H3,(H,31,35,36);3-12,17H,13-16,18H2,1-2H3;3H,2H2,1H3,(H,5,6,7). The number of aryl methyl sites for hydroxylation is 3. The largest absolute Gasteiger partial charge is 0.486 e. The van der Waals surface area contributed by atoms with Crippen LogP contribution < -0.4 is 39.4 Å². The van der Waals surface area contributed by atoms with Gasteiger partial charge in [-0.05, 0) is 104 Å². The highest BCUT2D eigenvalue weighted by Crippen LogP contribution is 2.36. The third-order valence-electron chi connectivity index (χ3n) is 13.2. The highest BCUT2D eigenvalue weighted by atomic mass is 32.2. The molecular weight excluding hydrogens is 1060 g/mol. The predicted molar refractivity (Wildman–Crippen MR) is 315 cm³/mol. The number of aromatic nitrogens is 4. The molecule has 418 valence electrons. The Hall–Kier alpha value is -8.04. The fraction of sp³-hybridized carbons (Fsp3) is 0.300. The van der Waals surface area contributed by atoms with E-state index in [4.69, 9.17) is 38.4 Å². The van der Waals surface area contributed by atoms with E-state index in [-0.39, 0.29) is 17.1 Å².